The predicted molar refractivity (Wildman–Crippen MR) is 348 cm³/mol. The Balaban J connectivity index is 4.28. The molecule has 0 aliphatic heterocycles. The second-order valence-corrected chi connectivity index (χ2v) is 23.8. The summed E-state index contributed by atoms with van der Waals surface area (Å²) < 4.78 is 17.0. The van der Waals surface area contributed by atoms with E-state index < -0.39 is 6.10 Å². The minimum Gasteiger partial charge on any atom is -0.462 e. The SMILES string of the molecule is CC/C=C\C/C=C\C/C=C\C/C=C\CCCCCCC(=O)OCC(COC(=O)CCCCCCCCCCCCCCCCC/C=C\CCCCCCCCCC)OC(=O)CCCCCCCCCCCCCCCCCCCC. The molecule has 0 fully saturated rings. The Kier molecular flexibility index (Phi) is 66.1. The molecule has 0 amide bonds. The maximum absolute atomic E-state index is 12.9. The smallest absolute Gasteiger partial charge is 0.306 e. The van der Waals surface area contributed by atoms with Crippen molar-refractivity contribution in [3.05, 3.63) is 60.8 Å². The standard InChI is InChI=1S/C74H134O6/c1-4-7-10-13-16-19-22-25-28-31-33-34-35-36-37-38-39-40-41-44-46-49-52-55-58-61-64-67-73(76)79-70-71(69-78-72(75)66-63-60-57-54-51-48-45-42-30-27-24-21-18-15-12-9-6-3)80-74(77)68-65-62-59-56-53-50-47-43-32-29-26-23-20-17-14-11-8-5-2/h9,12,18,21,27,30-31,33,45,48,71H,4-8,10-11,13-17,19-20,22-26,28-29,32,34-44,46-47,49-70H2,1-3H3/b12-9-,21-18-,30-27-,33-31-,48-45-. The fraction of sp³-hybridized carbons (Fsp3) is 0.824. The van der Waals surface area contributed by atoms with Crippen molar-refractivity contribution in [3.8, 4) is 0 Å². The first kappa shape index (κ1) is 77.1. The van der Waals surface area contributed by atoms with E-state index in [1.807, 2.05) is 0 Å². The van der Waals surface area contributed by atoms with E-state index in [1.54, 1.807) is 0 Å². The molecule has 0 heterocycles. The van der Waals surface area contributed by atoms with Gasteiger partial charge in [0.25, 0.3) is 0 Å². The molecule has 0 saturated carbocycles. The Labute approximate surface area is 498 Å². The molecule has 0 radical (unpaired) electrons. The zero-order chi connectivity index (χ0) is 57.8. The first-order valence-corrected chi connectivity index (χ1v) is 35.3. The van der Waals surface area contributed by atoms with Gasteiger partial charge in [-0.25, -0.2) is 0 Å². The van der Waals surface area contributed by atoms with Crippen molar-refractivity contribution in [3.63, 3.8) is 0 Å². The summed E-state index contributed by atoms with van der Waals surface area (Å²) in [7, 11) is 0. The van der Waals surface area contributed by atoms with E-state index in [2.05, 4.69) is 81.5 Å². The van der Waals surface area contributed by atoms with Crippen LogP contribution in [0.3, 0.4) is 0 Å². The van der Waals surface area contributed by atoms with Crippen LogP contribution in [0.1, 0.15) is 374 Å². The monoisotopic (exact) mass is 1120 g/mol. The number of esters is 3. The quantitative estimate of drug-likeness (QED) is 0.0261. The molecule has 0 aromatic rings. The van der Waals surface area contributed by atoms with Crippen LogP contribution in [0.5, 0.6) is 0 Å². The largest absolute Gasteiger partial charge is 0.462 e. The van der Waals surface area contributed by atoms with Crippen LogP contribution >= 0.6 is 0 Å². The number of hydrogen-bond donors (Lipinski definition) is 0. The van der Waals surface area contributed by atoms with E-state index in [4.69, 9.17) is 14.2 Å². The van der Waals surface area contributed by atoms with Crippen LogP contribution in [0.2, 0.25) is 0 Å². The molecular formula is C74H134O6. The zero-order valence-electron chi connectivity index (χ0n) is 53.6. The number of carbonyl (C=O) groups is 3. The molecule has 6 nitrogen and oxygen atoms in total. The van der Waals surface area contributed by atoms with Gasteiger partial charge in [-0.1, -0.05) is 332 Å². The Morgan fingerprint density at radius 1 is 0.263 bits per heavy atom. The second kappa shape index (κ2) is 68.6. The van der Waals surface area contributed by atoms with Gasteiger partial charge in [0.1, 0.15) is 13.2 Å². The highest BCUT2D eigenvalue weighted by atomic mass is 16.6. The van der Waals surface area contributed by atoms with Crippen molar-refractivity contribution in [1.29, 1.82) is 0 Å². The van der Waals surface area contributed by atoms with Crippen LogP contribution in [0.25, 0.3) is 0 Å². The molecule has 466 valence electrons. The summed E-state index contributed by atoms with van der Waals surface area (Å²) in [5.74, 6) is -0.877. The molecule has 1 atom stereocenters. The Morgan fingerprint density at radius 2 is 0.487 bits per heavy atom. The first-order chi connectivity index (χ1) is 39.5. The van der Waals surface area contributed by atoms with Crippen LogP contribution in [0.15, 0.2) is 60.8 Å². The molecule has 0 saturated heterocycles. The predicted octanol–water partition coefficient (Wildman–Crippen LogP) is 24.3. The molecule has 0 aliphatic rings. The second-order valence-electron chi connectivity index (χ2n) is 23.8. The molecule has 0 rings (SSSR count). The van der Waals surface area contributed by atoms with E-state index in [0.29, 0.717) is 19.3 Å². The van der Waals surface area contributed by atoms with Crippen LogP contribution in [-0.2, 0) is 28.6 Å². The third-order valence-corrected chi connectivity index (χ3v) is 15.8. The van der Waals surface area contributed by atoms with E-state index in [9.17, 15) is 14.4 Å². The number of allylic oxidation sites excluding steroid dienone is 10. The van der Waals surface area contributed by atoms with Crippen molar-refractivity contribution in [2.75, 3.05) is 13.2 Å². The van der Waals surface area contributed by atoms with Gasteiger partial charge in [0.2, 0.25) is 0 Å². The van der Waals surface area contributed by atoms with E-state index in [1.165, 1.54) is 238 Å². The summed E-state index contributed by atoms with van der Waals surface area (Å²) >= 11 is 0. The normalized spacial score (nSPS) is 12.4. The Morgan fingerprint density at radius 3 is 0.775 bits per heavy atom. The summed E-state index contributed by atoms with van der Waals surface area (Å²) in [4.78, 5) is 38.4. The van der Waals surface area contributed by atoms with E-state index in [-0.39, 0.29) is 31.1 Å². The van der Waals surface area contributed by atoms with Crippen molar-refractivity contribution in [2.45, 2.75) is 380 Å². The van der Waals surface area contributed by atoms with E-state index >= 15 is 0 Å². The molecule has 0 bridgehead atoms. The number of carbonyl (C=O) groups excluding carboxylic acids is 3. The summed E-state index contributed by atoms with van der Waals surface area (Å²) in [6.45, 7) is 6.57. The summed E-state index contributed by atoms with van der Waals surface area (Å²) in [5, 5.41) is 0. The molecule has 6 heteroatoms. The Bertz CT molecular complexity index is 1430. The van der Waals surface area contributed by atoms with Crippen molar-refractivity contribution in [2.24, 2.45) is 0 Å². The lowest BCUT2D eigenvalue weighted by molar-refractivity contribution is -0.167. The molecule has 0 spiro atoms. The molecule has 80 heavy (non-hydrogen) atoms. The fourth-order valence-corrected chi connectivity index (χ4v) is 10.5. The minimum absolute atomic E-state index is 0.0778. The molecule has 0 aliphatic carbocycles. The van der Waals surface area contributed by atoms with E-state index in [0.717, 1.165) is 96.3 Å². The third-order valence-electron chi connectivity index (χ3n) is 15.8. The van der Waals surface area contributed by atoms with Gasteiger partial charge in [0, 0.05) is 19.3 Å². The summed E-state index contributed by atoms with van der Waals surface area (Å²) in [6.07, 6.45) is 88.2. The van der Waals surface area contributed by atoms with Gasteiger partial charge in [-0.3, -0.25) is 14.4 Å². The van der Waals surface area contributed by atoms with Gasteiger partial charge in [-0.2, -0.15) is 0 Å². The average Bonchev–Trinajstić information content (AvgIpc) is 3.46. The lowest BCUT2D eigenvalue weighted by Crippen LogP contribution is -2.30. The van der Waals surface area contributed by atoms with Crippen molar-refractivity contribution in [1.82, 2.24) is 0 Å². The lowest BCUT2D eigenvalue weighted by atomic mass is 10.0. The summed E-state index contributed by atoms with van der Waals surface area (Å²) in [5.41, 5.74) is 0. The first-order valence-electron chi connectivity index (χ1n) is 35.3. The van der Waals surface area contributed by atoms with Gasteiger partial charge in [0.05, 0.1) is 0 Å². The van der Waals surface area contributed by atoms with Gasteiger partial charge < -0.3 is 14.2 Å². The van der Waals surface area contributed by atoms with Crippen LogP contribution < -0.4 is 0 Å². The molecule has 0 N–H and O–H groups in total. The van der Waals surface area contributed by atoms with Crippen molar-refractivity contribution >= 4 is 17.9 Å². The minimum atomic E-state index is -0.784. The summed E-state index contributed by atoms with van der Waals surface area (Å²) in [6, 6.07) is 0. The average molecular weight is 1120 g/mol. The fourth-order valence-electron chi connectivity index (χ4n) is 10.5. The Hall–Kier alpha value is -2.89. The highest BCUT2D eigenvalue weighted by Crippen LogP contribution is 2.18. The molecular weight excluding hydrogens is 985 g/mol. The van der Waals surface area contributed by atoms with Crippen LogP contribution in [-0.4, -0.2) is 37.2 Å². The lowest BCUT2D eigenvalue weighted by Gasteiger charge is -2.18. The highest BCUT2D eigenvalue weighted by Gasteiger charge is 2.19. The van der Waals surface area contributed by atoms with Gasteiger partial charge >= 0.3 is 17.9 Å². The maximum Gasteiger partial charge on any atom is 0.306 e. The topological polar surface area (TPSA) is 78.9 Å². The molecule has 0 aromatic carbocycles. The molecule has 0 aromatic heterocycles. The highest BCUT2D eigenvalue weighted by molar-refractivity contribution is 5.71. The number of ether oxygens (including phenoxy) is 3. The zero-order valence-corrected chi connectivity index (χ0v) is 53.6. The number of unbranched alkanes of at least 4 members (excludes halogenated alkanes) is 44. The van der Waals surface area contributed by atoms with Crippen molar-refractivity contribution < 1.29 is 28.6 Å². The molecule has 1 unspecified atom stereocenters. The number of hydrogen-bond acceptors (Lipinski definition) is 6. The van der Waals surface area contributed by atoms with Gasteiger partial charge in [-0.05, 0) is 83.5 Å². The maximum atomic E-state index is 12.9. The third kappa shape index (κ3) is 65.9. The number of rotatable bonds is 65. The van der Waals surface area contributed by atoms with Gasteiger partial charge in [0.15, 0.2) is 6.10 Å². The van der Waals surface area contributed by atoms with Crippen LogP contribution in [0, 0.1) is 0 Å². The van der Waals surface area contributed by atoms with Crippen LogP contribution in [0.4, 0.5) is 0 Å². The van der Waals surface area contributed by atoms with Gasteiger partial charge in [-0.15, -0.1) is 0 Å².